The first-order valence-electron chi connectivity index (χ1n) is 7.91. The molecule has 1 fully saturated rings. The smallest absolute Gasteiger partial charge is 0.118 e. The molecule has 118 valence electrons. The van der Waals surface area contributed by atoms with Gasteiger partial charge in [0.2, 0.25) is 0 Å². The summed E-state index contributed by atoms with van der Waals surface area (Å²) in [6.07, 6.45) is 5.02. The number of rotatable bonds is 6. The Morgan fingerprint density at radius 3 is 2.29 bits per heavy atom. The fourth-order valence-electron chi connectivity index (χ4n) is 3.11. The minimum Gasteiger partial charge on any atom is -0.497 e. The molecule has 1 aromatic rings. The van der Waals surface area contributed by atoms with Crippen molar-refractivity contribution in [2.45, 2.75) is 51.7 Å². The average Bonchev–Trinajstić information content (AvgIpc) is 2.53. The fraction of sp³-hybridized carbons (Fsp3) is 0.667. The van der Waals surface area contributed by atoms with Crippen molar-refractivity contribution in [1.82, 2.24) is 0 Å². The summed E-state index contributed by atoms with van der Waals surface area (Å²) >= 11 is 2.49. The highest BCUT2D eigenvalue weighted by Gasteiger charge is 2.36. The molecule has 3 heteroatoms. The molecule has 0 amide bonds. The zero-order valence-electron chi connectivity index (χ0n) is 13.4. The number of methoxy groups -OCH3 is 1. The molecule has 2 nitrogen and oxygen atoms in total. The zero-order valence-corrected chi connectivity index (χ0v) is 15.6. The van der Waals surface area contributed by atoms with Gasteiger partial charge in [0, 0.05) is 4.43 Å². The summed E-state index contributed by atoms with van der Waals surface area (Å²) in [7, 11) is 1.70. The summed E-state index contributed by atoms with van der Waals surface area (Å²) in [5.74, 6) is 2.59. The van der Waals surface area contributed by atoms with Crippen molar-refractivity contribution in [3.8, 4) is 5.75 Å². The first-order chi connectivity index (χ1) is 10.1. The molecule has 0 heterocycles. The Kier molecular flexibility index (Phi) is 6.35. The van der Waals surface area contributed by atoms with E-state index < -0.39 is 0 Å². The molecule has 0 spiro atoms. The van der Waals surface area contributed by atoms with Crippen molar-refractivity contribution in [2.24, 2.45) is 11.8 Å². The zero-order chi connectivity index (χ0) is 15.3. The van der Waals surface area contributed by atoms with E-state index in [1.54, 1.807) is 7.11 Å². The van der Waals surface area contributed by atoms with E-state index in [0.29, 0.717) is 6.61 Å². The van der Waals surface area contributed by atoms with Crippen LogP contribution in [0.15, 0.2) is 24.3 Å². The summed E-state index contributed by atoms with van der Waals surface area (Å²) in [5, 5.41) is 0. The lowest BCUT2D eigenvalue weighted by Gasteiger charge is -2.40. The van der Waals surface area contributed by atoms with Crippen molar-refractivity contribution in [3.05, 3.63) is 29.8 Å². The van der Waals surface area contributed by atoms with Crippen LogP contribution in [0.25, 0.3) is 0 Å². The van der Waals surface area contributed by atoms with Crippen LogP contribution in [-0.4, -0.2) is 17.1 Å². The molecule has 0 saturated heterocycles. The summed E-state index contributed by atoms with van der Waals surface area (Å²) in [6, 6.07) is 8.20. The van der Waals surface area contributed by atoms with Gasteiger partial charge in [-0.15, -0.1) is 0 Å². The Balaban J connectivity index is 1.90. The topological polar surface area (TPSA) is 18.5 Å². The predicted octanol–water partition coefficient (Wildman–Crippen LogP) is 5.23. The lowest BCUT2D eigenvalue weighted by atomic mass is 9.75. The fourth-order valence-corrected chi connectivity index (χ4v) is 4.09. The minimum absolute atomic E-state index is 0.0892. The van der Waals surface area contributed by atoms with E-state index >= 15 is 0 Å². The van der Waals surface area contributed by atoms with Gasteiger partial charge in [-0.1, -0.05) is 48.6 Å². The van der Waals surface area contributed by atoms with Gasteiger partial charge < -0.3 is 9.47 Å². The Morgan fingerprint density at radius 1 is 1.19 bits per heavy atom. The summed E-state index contributed by atoms with van der Waals surface area (Å²) in [5.41, 5.74) is 1.32. The van der Waals surface area contributed by atoms with E-state index in [4.69, 9.17) is 9.47 Å². The summed E-state index contributed by atoms with van der Waals surface area (Å²) < 4.78 is 12.6. The number of hydrogen-bond acceptors (Lipinski definition) is 2. The van der Waals surface area contributed by atoms with Crippen molar-refractivity contribution in [3.63, 3.8) is 0 Å². The first-order valence-corrected chi connectivity index (χ1v) is 9.44. The largest absolute Gasteiger partial charge is 0.497 e. The second kappa shape index (κ2) is 7.82. The van der Waals surface area contributed by atoms with Crippen LogP contribution in [0, 0.1) is 11.8 Å². The van der Waals surface area contributed by atoms with Crippen LogP contribution in [0.3, 0.4) is 0 Å². The molecule has 2 rings (SSSR count). The monoisotopic (exact) mass is 402 g/mol. The molecule has 1 aliphatic rings. The van der Waals surface area contributed by atoms with Gasteiger partial charge in [-0.3, -0.25) is 0 Å². The van der Waals surface area contributed by atoms with Gasteiger partial charge in [0.15, 0.2) is 0 Å². The molecule has 21 heavy (non-hydrogen) atoms. The maximum absolute atomic E-state index is 6.36. The molecule has 0 aliphatic heterocycles. The van der Waals surface area contributed by atoms with Crippen molar-refractivity contribution in [1.29, 1.82) is 0 Å². The lowest BCUT2D eigenvalue weighted by molar-refractivity contribution is -0.0720. The van der Waals surface area contributed by atoms with E-state index in [2.05, 4.69) is 48.6 Å². The minimum atomic E-state index is 0.0892. The van der Waals surface area contributed by atoms with E-state index in [1.165, 1.54) is 31.2 Å². The van der Waals surface area contributed by atoms with E-state index in [0.717, 1.165) is 22.0 Å². The normalized spacial score (nSPS) is 26.0. The number of alkyl halides is 1. The van der Waals surface area contributed by atoms with E-state index in [9.17, 15) is 0 Å². The summed E-state index contributed by atoms with van der Waals surface area (Å²) in [4.78, 5) is 0. The highest BCUT2D eigenvalue weighted by Crippen LogP contribution is 2.39. The molecule has 0 N–H and O–H groups in total. The van der Waals surface area contributed by atoms with Gasteiger partial charge in [-0.2, -0.15) is 0 Å². The maximum Gasteiger partial charge on any atom is 0.118 e. The molecule has 0 atom stereocenters. The van der Waals surface area contributed by atoms with Gasteiger partial charge in [0.1, 0.15) is 5.75 Å². The predicted molar refractivity (Wildman–Crippen MR) is 96.2 cm³/mol. The third-order valence-corrected chi connectivity index (χ3v) is 6.22. The third kappa shape index (κ3) is 4.59. The molecule has 1 aliphatic carbocycles. The molecule has 0 bridgehead atoms. The van der Waals surface area contributed by atoms with Crippen molar-refractivity contribution in [2.75, 3.05) is 11.5 Å². The molecule has 0 radical (unpaired) electrons. The molecule has 0 aromatic heterocycles. The second-order valence-electron chi connectivity index (χ2n) is 6.53. The van der Waals surface area contributed by atoms with Crippen LogP contribution in [0.1, 0.15) is 45.1 Å². The quantitative estimate of drug-likeness (QED) is 0.479. The van der Waals surface area contributed by atoms with Crippen LogP contribution in [0.2, 0.25) is 0 Å². The lowest BCUT2D eigenvalue weighted by Crippen LogP contribution is -2.39. The van der Waals surface area contributed by atoms with Crippen LogP contribution >= 0.6 is 22.6 Å². The number of benzene rings is 1. The van der Waals surface area contributed by atoms with Crippen molar-refractivity contribution < 1.29 is 9.47 Å². The van der Waals surface area contributed by atoms with Gasteiger partial charge in [-0.25, -0.2) is 0 Å². The van der Waals surface area contributed by atoms with Crippen LogP contribution in [0.5, 0.6) is 5.75 Å². The first kappa shape index (κ1) is 17.1. The summed E-state index contributed by atoms with van der Waals surface area (Å²) in [6.45, 7) is 5.40. The Hall–Kier alpha value is -0.290. The highest BCUT2D eigenvalue weighted by molar-refractivity contribution is 14.1. The van der Waals surface area contributed by atoms with Gasteiger partial charge >= 0.3 is 0 Å². The Morgan fingerprint density at radius 2 is 1.81 bits per heavy atom. The maximum atomic E-state index is 6.36. The molecular formula is C18H27IO2. The molecule has 1 aromatic carbocycles. The molecule has 0 unspecified atom stereocenters. The van der Waals surface area contributed by atoms with Crippen LogP contribution < -0.4 is 4.74 Å². The number of halogens is 1. The molecule has 1 saturated carbocycles. The van der Waals surface area contributed by atoms with Gasteiger partial charge in [0.25, 0.3) is 0 Å². The van der Waals surface area contributed by atoms with Gasteiger partial charge in [-0.05, 0) is 55.2 Å². The van der Waals surface area contributed by atoms with Gasteiger partial charge in [0.05, 0.1) is 19.3 Å². The average molecular weight is 402 g/mol. The molecular weight excluding hydrogens is 375 g/mol. The highest BCUT2D eigenvalue weighted by atomic mass is 127. The van der Waals surface area contributed by atoms with E-state index in [1.807, 2.05) is 12.1 Å². The van der Waals surface area contributed by atoms with Crippen LogP contribution in [0.4, 0.5) is 0 Å². The SMILES string of the molecule is COc1ccc(COC2(CI)CCC(C(C)C)CC2)cc1. The Bertz CT molecular complexity index is 419. The standard InChI is InChI=1S/C18H27IO2/c1-14(2)16-8-10-18(13-19,11-9-16)21-12-15-4-6-17(20-3)7-5-15/h4-7,14,16H,8-13H2,1-3H3. The Labute approximate surface area is 142 Å². The van der Waals surface area contributed by atoms with Crippen LogP contribution in [-0.2, 0) is 11.3 Å². The van der Waals surface area contributed by atoms with Crippen molar-refractivity contribution >= 4 is 22.6 Å². The number of hydrogen-bond donors (Lipinski definition) is 0. The second-order valence-corrected chi connectivity index (χ2v) is 7.30. The third-order valence-electron chi connectivity index (χ3n) is 4.83. The van der Waals surface area contributed by atoms with E-state index in [-0.39, 0.29) is 5.60 Å². The number of ether oxygens (including phenoxy) is 2.